The van der Waals surface area contributed by atoms with Gasteiger partial charge in [-0.1, -0.05) is 36.4 Å². The van der Waals surface area contributed by atoms with Crippen molar-refractivity contribution in [1.29, 1.82) is 0 Å². The molecule has 5 rings (SSSR count). The molecule has 3 N–H and O–H groups in total. The molecule has 204 valence electrons. The fraction of sp³-hybridized carbons (Fsp3) is 0.222. The van der Waals surface area contributed by atoms with Crippen LogP contribution in [0.25, 0.3) is 11.3 Å². The van der Waals surface area contributed by atoms with Gasteiger partial charge < -0.3 is 15.4 Å². The summed E-state index contributed by atoms with van der Waals surface area (Å²) >= 11 is 0. The summed E-state index contributed by atoms with van der Waals surface area (Å²) in [6, 6.07) is 18.4. The van der Waals surface area contributed by atoms with Crippen LogP contribution in [-0.4, -0.2) is 42.5 Å². The van der Waals surface area contributed by atoms with E-state index in [-0.39, 0.29) is 41.5 Å². The van der Waals surface area contributed by atoms with Gasteiger partial charge in [-0.05, 0) is 55.3 Å². The molecule has 0 spiro atoms. The monoisotopic (exact) mass is 570 g/mol. The molecule has 2 aromatic carbocycles. The first-order chi connectivity index (χ1) is 18.5. The van der Waals surface area contributed by atoms with Gasteiger partial charge in [0.25, 0.3) is 0 Å². The third-order valence-corrected chi connectivity index (χ3v) is 7.21. The number of hydrogen-bond acceptors (Lipinski definition) is 8. The van der Waals surface area contributed by atoms with Gasteiger partial charge in [0.05, 0.1) is 22.7 Å². The largest absolute Gasteiger partial charge is 0.435 e. The average molecular weight is 571 g/mol. The van der Waals surface area contributed by atoms with E-state index in [1.807, 2.05) is 0 Å². The van der Waals surface area contributed by atoms with Crippen LogP contribution in [0.15, 0.2) is 79.1 Å². The molecule has 1 aliphatic heterocycles. The van der Waals surface area contributed by atoms with Crippen molar-refractivity contribution in [2.24, 2.45) is 0 Å². The Morgan fingerprint density at radius 1 is 1.00 bits per heavy atom. The van der Waals surface area contributed by atoms with Gasteiger partial charge in [-0.2, -0.15) is 0 Å². The minimum Gasteiger partial charge on any atom is -0.435 e. The summed E-state index contributed by atoms with van der Waals surface area (Å²) in [7, 11) is -3.86. The summed E-state index contributed by atoms with van der Waals surface area (Å²) < 4.78 is 48.8. The molecule has 1 saturated heterocycles. The minimum atomic E-state index is -3.86. The fourth-order valence-electron chi connectivity index (χ4n) is 4.17. The van der Waals surface area contributed by atoms with E-state index < -0.39 is 15.8 Å². The number of ether oxygens (including phenoxy) is 1. The van der Waals surface area contributed by atoms with Crippen molar-refractivity contribution in [2.45, 2.75) is 24.6 Å². The second kappa shape index (κ2) is 12.8. The predicted octanol–water partition coefficient (Wildman–Crippen LogP) is 5.00. The first-order valence-electron chi connectivity index (χ1n) is 12.2. The number of halogens is 2. The van der Waals surface area contributed by atoms with Crippen LogP contribution in [0.3, 0.4) is 0 Å². The smallest absolute Gasteiger partial charge is 0.237 e. The summed E-state index contributed by atoms with van der Waals surface area (Å²) in [4.78, 5) is 13.2. The molecule has 3 heterocycles. The molecule has 1 fully saturated rings. The van der Waals surface area contributed by atoms with E-state index >= 15 is 4.39 Å². The molecule has 1 atom stereocenters. The number of pyridine rings is 1. The van der Waals surface area contributed by atoms with Crippen LogP contribution in [0.5, 0.6) is 11.6 Å². The van der Waals surface area contributed by atoms with Crippen molar-refractivity contribution in [3.63, 3.8) is 0 Å². The van der Waals surface area contributed by atoms with Crippen LogP contribution in [-0.2, 0) is 15.8 Å². The van der Waals surface area contributed by atoms with Crippen LogP contribution in [0.1, 0.15) is 18.4 Å². The Morgan fingerprint density at radius 3 is 2.64 bits per heavy atom. The Balaban J connectivity index is 0.00000353. The second-order valence-electron chi connectivity index (χ2n) is 8.88. The molecule has 39 heavy (non-hydrogen) atoms. The van der Waals surface area contributed by atoms with Crippen molar-refractivity contribution in [3.8, 4) is 22.9 Å². The Labute approximate surface area is 232 Å². The standard InChI is InChI=1S/C27H27FN6O3S.ClH/c28-25-23(34-38(35,36)18-19-7-2-1-3-8-19)11-4-12-24(25)37-26-21(10-6-15-30-26)22-13-16-31-27(33-22)32-20-9-5-14-29-17-20;/h1-4,6-8,10-13,15-16,20,29,34H,5,9,14,17-18H2,(H,31,32,33);1H/t20-;/m0./s1. The van der Waals surface area contributed by atoms with Gasteiger partial charge in [0.2, 0.25) is 21.9 Å². The number of aromatic nitrogens is 3. The number of rotatable bonds is 9. The summed E-state index contributed by atoms with van der Waals surface area (Å²) in [5, 5.41) is 6.69. The van der Waals surface area contributed by atoms with E-state index in [9.17, 15) is 8.42 Å². The number of anilines is 2. The van der Waals surface area contributed by atoms with Crippen LogP contribution in [0.4, 0.5) is 16.0 Å². The van der Waals surface area contributed by atoms with Crippen LogP contribution >= 0.6 is 12.4 Å². The molecule has 4 aromatic rings. The SMILES string of the molecule is Cl.O=S(=O)(Cc1ccccc1)Nc1cccc(Oc2ncccc2-c2ccnc(N[C@H]3CCCNC3)n2)c1F. The third kappa shape index (κ3) is 7.41. The number of benzene rings is 2. The first-order valence-corrected chi connectivity index (χ1v) is 13.9. The lowest BCUT2D eigenvalue weighted by molar-refractivity contribution is 0.430. The predicted molar refractivity (Wildman–Crippen MR) is 151 cm³/mol. The van der Waals surface area contributed by atoms with Crippen molar-refractivity contribution in [2.75, 3.05) is 23.1 Å². The molecule has 0 saturated carbocycles. The van der Waals surface area contributed by atoms with E-state index in [1.165, 1.54) is 24.4 Å². The Kier molecular flexibility index (Phi) is 9.28. The van der Waals surface area contributed by atoms with Crippen molar-refractivity contribution in [1.82, 2.24) is 20.3 Å². The third-order valence-electron chi connectivity index (χ3n) is 5.97. The average Bonchev–Trinajstić information content (AvgIpc) is 2.92. The normalized spacial score (nSPS) is 15.2. The zero-order valence-corrected chi connectivity index (χ0v) is 22.5. The molecular weight excluding hydrogens is 543 g/mol. The summed E-state index contributed by atoms with van der Waals surface area (Å²) in [6.07, 6.45) is 5.26. The maximum absolute atomic E-state index is 15.4. The summed E-state index contributed by atoms with van der Waals surface area (Å²) in [5.74, 6) is -0.711. The lowest BCUT2D eigenvalue weighted by Gasteiger charge is -2.23. The van der Waals surface area contributed by atoms with Crippen LogP contribution in [0, 0.1) is 5.82 Å². The highest BCUT2D eigenvalue weighted by Gasteiger charge is 2.19. The number of piperidine rings is 1. The van der Waals surface area contributed by atoms with E-state index in [2.05, 4.69) is 30.3 Å². The van der Waals surface area contributed by atoms with E-state index in [1.54, 1.807) is 54.7 Å². The zero-order chi connectivity index (χ0) is 26.4. The molecule has 2 aromatic heterocycles. The lowest BCUT2D eigenvalue weighted by Crippen LogP contribution is -2.38. The van der Waals surface area contributed by atoms with Crippen LogP contribution in [0.2, 0.25) is 0 Å². The van der Waals surface area contributed by atoms with Crippen LogP contribution < -0.4 is 20.1 Å². The highest BCUT2D eigenvalue weighted by molar-refractivity contribution is 7.91. The Hall–Kier alpha value is -3.80. The number of sulfonamides is 1. The molecule has 0 aliphatic carbocycles. The van der Waals surface area contributed by atoms with E-state index in [4.69, 9.17) is 4.74 Å². The van der Waals surface area contributed by atoms with Gasteiger partial charge >= 0.3 is 0 Å². The van der Waals surface area contributed by atoms with Gasteiger partial charge in [0, 0.05) is 25.0 Å². The molecule has 0 bridgehead atoms. The fourth-order valence-corrected chi connectivity index (χ4v) is 5.37. The maximum atomic E-state index is 15.4. The van der Waals surface area contributed by atoms with Crippen molar-refractivity contribution < 1.29 is 17.5 Å². The second-order valence-corrected chi connectivity index (χ2v) is 10.6. The zero-order valence-electron chi connectivity index (χ0n) is 20.9. The highest BCUT2D eigenvalue weighted by Crippen LogP contribution is 2.34. The molecule has 9 nitrogen and oxygen atoms in total. The summed E-state index contributed by atoms with van der Waals surface area (Å²) in [6.45, 7) is 1.83. The maximum Gasteiger partial charge on any atom is 0.237 e. The molecule has 0 unspecified atom stereocenters. The van der Waals surface area contributed by atoms with Crippen molar-refractivity contribution >= 4 is 34.1 Å². The molecule has 12 heteroatoms. The number of nitrogens with one attached hydrogen (secondary N) is 3. The topological polar surface area (TPSA) is 118 Å². The number of hydrogen-bond donors (Lipinski definition) is 3. The van der Waals surface area contributed by atoms with Crippen molar-refractivity contribution in [3.05, 3.63) is 90.5 Å². The lowest BCUT2D eigenvalue weighted by atomic mass is 10.1. The molecule has 1 aliphatic rings. The van der Waals surface area contributed by atoms with Gasteiger partial charge in [-0.15, -0.1) is 12.4 Å². The van der Waals surface area contributed by atoms with Gasteiger partial charge in [0.15, 0.2) is 11.6 Å². The quantitative estimate of drug-likeness (QED) is 0.257. The Bertz CT molecular complexity index is 1500. The number of nitrogens with zero attached hydrogens (tertiary/aromatic N) is 3. The molecular formula is C27H28ClFN6O3S. The molecule has 0 amide bonds. The Morgan fingerprint density at radius 2 is 1.85 bits per heavy atom. The molecule has 0 radical (unpaired) electrons. The van der Waals surface area contributed by atoms with E-state index in [0.29, 0.717) is 22.8 Å². The minimum absolute atomic E-state index is 0. The highest BCUT2D eigenvalue weighted by atomic mass is 35.5. The van der Waals surface area contributed by atoms with E-state index in [0.717, 1.165) is 25.9 Å². The van der Waals surface area contributed by atoms with Gasteiger partial charge in [-0.3, -0.25) is 4.72 Å². The van der Waals surface area contributed by atoms with Gasteiger partial charge in [-0.25, -0.2) is 27.8 Å². The van der Waals surface area contributed by atoms with Gasteiger partial charge in [0.1, 0.15) is 0 Å². The summed E-state index contributed by atoms with van der Waals surface area (Å²) in [5.41, 5.74) is 1.46. The first kappa shape index (κ1) is 28.2.